The summed E-state index contributed by atoms with van der Waals surface area (Å²) < 4.78 is 25.3. The van der Waals surface area contributed by atoms with E-state index in [0.717, 1.165) is 37.9 Å². The van der Waals surface area contributed by atoms with Gasteiger partial charge in [0.2, 0.25) is 0 Å². The van der Waals surface area contributed by atoms with Gasteiger partial charge in [-0.15, -0.1) is 12.4 Å². The highest BCUT2D eigenvalue weighted by molar-refractivity contribution is 7.90. The molecule has 0 aliphatic carbocycles. The Kier molecular flexibility index (Phi) is 6.66. The second-order valence-electron chi connectivity index (χ2n) is 7.86. The van der Waals surface area contributed by atoms with Crippen LogP contribution in [0.2, 0.25) is 0 Å². The van der Waals surface area contributed by atoms with E-state index in [2.05, 4.69) is 5.32 Å². The van der Waals surface area contributed by atoms with Gasteiger partial charge in [0, 0.05) is 24.2 Å². The Bertz CT molecular complexity index is 945. The Hall–Kier alpha value is -1.89. The molecule has 2 aromatic rings. The van der Waals surface area contributed by atoms with Crippen LogP contribution in [0.15, 0.2) is 53.4 Å². The third-order valence-electron chi connectivity index (χ3n) is 5.83. The number of benzene rings is 2. The first-order chi connectivity index (χ1) is 13.4. The van der Waals surface area contributed by atoms with Crippen molar-refractivity contribution in [1.29, 1.82) is 0 Å². The van der Waals surface area contributed by atoms with Crippen molar-refractivity contribution in [2.24, 2.45) is 0 Å². The first-order valence-corrected chi connectivity index (χ1v) is 11.5. The fourth-order valence-electron chi connectivity index (χ4n) is 4.25. The van der Waals surface area contributed by atoms with Crippen LogP contribution in [0.3, 0.4) is 0 Å². The van der Waals surface area contributed by atoms with Gasteiger partial charge in [-0.05, 0) is 62.6 Å². The fraction of sp³-hybridized carbons (Fsp3) is 0.409. The standard InChI is InChI=1S/C22H26N2O3S.ClH/c1-16-2-10-21(11-3-16)28(26,27)15-17-4-6-18(7-5-17)22(25)24-19-8-9-20(24)14-23-13-12-19;/h2-7,10-11,19-20,23H,8-9,12-15H2,1H3;1H. The SMILES string of the molecule is Cc1ccc(S(=O)(=O)Cc2ccc(C(=O)N3C4CCNCC3CC4)cc2)cc1.Cl. The maximum atomic E-state index is 13.0. The monoisotopic (exact) mass is 434 g/mol. The summed E-state index contributed by atoms with van der Waals surface area (Å²) in [5.41, 5.74) is 2.35. The summed E-state index contributed by atoms with van der Waals surface area (Å²) in [5.74, 6) is -0.00667. The summed E-state index contributed by atoms with van der Waals surface area (Å²) >= 11 is 0. The van der Waals surface area contributed by atoms with Crippen molar-refractivity contribution in [3.8, 4) is 0 Å². The zero-order valence-corrected chi connectivity index (χ0v) is 18.1. The van der Waals surface area contributed by atoms with Crippen LogP contribution in [0.1, 0.15) is 40.7 Å². The smallest absolute Gasteiger partial charge is 0.254 e. The molecule has 2 aliphatic heterocycles. The van der Waals surface area contributed by atoms with Crippen LogP contribution in [-0.4, -0.2) is 44.4 Å². The van der Waals surface area contributed by atoms with Gasteiger partial charge < -0.3 is 10.2 Å². The second-order valence-corrected chi connectivity index (χ2v) is 9.85. The van der Waals surface area contributed by atoms with E-state index in [9.17, 15) is 13.2 Å². The van der Waals surface area contributed by atoms with E-state index in [1.54, 1.807) is 48.5 Å². The fourth-order valence-corrected chi connectivity index (χ4v) is 5.60. The molecule has 7 heteroatoms. The molecule has 2 fully saturated rings. The molecule has 2 aromatic carbocycles. The van der Waals surface area contributed by atoms with Crippen molar-refractivity contribution in [1.82, 2.24) is 10.2 Å². The summed E-state index contributed by atoms with van der Waals surface area (Å²) in [7, 11) is -3.40. The summed E-state index contributed by atoms with van der Waals surface area (Å²) in [6, 6.07) is 14.5. The lowest BCUT2D eigenvalue weighted by atomic mass is 10.1. The van der Waals surface area contributed by atoms with E-state index in [4.69, 9.17) is 0 Å². The number of amides is 1. The van der Waals surface area contributed by atoms with E-state index in [0.29, 0.717) is 22.1 Å². The lowest BCUT2D eigenvalue weighted by Crippen LogP contribution is -2.42. The van der Waals surface area contributed by atoms with Crippen molar-refractivity contribution in [2.45, 2.75) is 48.9 Å². The number of carbonyl (C=O) groups is 1. The minimum atomic E-state index is -3.40. The Morgan fingerprint density at radius 2 is 1.66 bits per heavy atom. The Balaban J connectivity index is 0.00000240. The quantitative estimate of drug-likeness (QED) is 0.801. The predicted molar refractivity (Wildman–Crippen MR) is 116 cm³/mol. The predicted octanol–water partition coefficient (Wildman–Crippen LogP) is 3.36. The average molecular weight is 435 g/mol. The van der Waals surface area contributed by atoms with Gasteiger partial charge in [-0.25, -0.2) is 8.42 Å². The molecule has 29 heavy (non-hydrogen) atoms. The number of aryl methyl sites for hydroxylation is 1. The number of hydrogen-bond donors (Lipinski definition) is 1. The Labute approximate surface area is 178 Å². The molecule has 0 spiro atoms. The molecule has 1 N–H and O–H groups in total. The van der Waals surface area contributed by atoms with Crippen molar-refractivity contribution in [2.75, 3.05) is 13.1 Å². The van der Waals surface area contributed by atoms with E-state index in [-0.39, 0.29) is 30.1 Å². The number of nitrogens with one attached hydrogen (secondary N) is 1. The first-order valence-electron chi connectivity index (χ1n) is 9.86. The molecule has 0 radical (unpaired) electrons. The molecular weight excluding hydrogens is 408 g/mol. The highest BCUT2D eigenvalue weighted by atomic mass is 35.5. The summed E-state index contributed by atoms with van der Waals surface area (Å²) in [6.45, 7) is 3.74. The summed E-state index contributed by atoms with van der Waals surface area (Å²) in [5, 5.41) is 3.41. The highest BCUT2D eigenvalue weighted by Gasteiger charge is 2.38. The minimum Gasteiger partial charge on any atom is -0.331 e. The normalized spacial score (nSPS) is 21.3. The average Bonchev–Trinajstić information content (AvgIpc) is 2.94. The van der Waals surface area contributed by atoms with Gasteiger partial charge in [0.1, 0.15) is 0 Å². The maximum Gasteiger partial charge on any atom is 0.254 e. The van der Waals surface area contributed by atoms with E-state index < -0.39 is 9.84 Å². The Morgan fingerprint density at radius 3 is 2.34 bits per heavy atom. The molecule has 2 aliphatic rings. The molecule has 2 atom stereocenters. The third-order valence-corrected chi connectivity index (χ3v) is 7.53. The van der Waals surface area contributed by atoms with Crippen LogP contribution < -0.4 is 5.32 Å². The van der Waals surface area contributed by atoms with Crippen LogP contribution in [0.25, 0.3) is 0 Å². The molecule has 2 heterocycles. The molecule has 0 saturated carbocycles. The number of fused-ring (bicyclic) bond motifs is 2. The number of sulfone groups is 1. The molecule has 2 unspecified atom stereocenters. The van der Waals surface area contributed by atoms with Gasteiger partial charge in [0.25, 0.3) is 5.91 Å². The molecular formula is C22H27ClN2O3S. The zero-order chi connectivity index (χ0) is 19.7. The molecule has 4 rings (SSSR count). The number of nitrogens with zero attached hydrogens (tertiary/aromatic N) is 1. The van der Waals surface area contributed by atoms with Gasteiger partial charge in [0.05, 0.1) is 10.6 Å². The topological polar surface area (TPSA) is 66.5 Å². The number of carbonyl (C=O) groups excluding carboxylic acids is 1. The van der Waals surface area contributed by atoms with Crippen LogP contribution in [0.5, 0.6) is 0 Å². The molecule has 5 nitrogen and oxygen atoms in total. The van der Waals surface area contributed by atoms with Crippen molar-refractivity contribution < 1.29 is 13.2 Å². The maximum absolute atomic E-state index is 13.0. The van der Waals surface area contributed by atoms with E-state index in [1.165, 1.54) is 0 Å². The van der Waals surface area contributed by atoms with Crippen molar-refractivity contribution in [3.05, 3.63) is 65.2 Å². The number of halogens is 1. The first kappa shape index (κ1) is 21.8. The van der Waals surface area contributed by atoms with Crippen LogP contribution >= 0.6 is 12.4 Å². The van der Waals surface area contributed by atoms with Gasteiger partial charge in [0.15, 0.2) is 9.84 Å². The summed E-state index contributed by atoms with van der Waals surface area (Å²) in [4.78, 5) is 15.4. The third kappa shape index (κ3) is 4.65. The highest BCUT2D eigenvalue weighted by Crippen LogP contribution is 2.29. The minimum absolute atomic E-state index is 0. The molecule has 2 bridgehead atoms. The largest absolute Gasteiger partial charge is 0.331 e. The molecule has 156 valence electrons. The lowest BCUT2D eigenvalue weighted by molar-refractivity contribution is 0.0680. The van der Waals surface area contributed by atoms with Crippen LogP contribution in [0.4, 0.5) is 0 Å². The van der Waals surface area contributed by atoms with Gasteiger partial charge in [-0.1, -0.05) is 29.8 Å². The second kappa shape index (κ2) is 8.86. The number of rotatable bonds is 4. The number of hydrogen-bond acceptors (Lipinski definition) is 4. The van der Waals surface area contributed by atoms with Gasteiger partial charge in [-0.3, -0.25) is 4.79 Å². The van der Waals surface area contributed by atoms with Crippen LogP contribution in [-0.2, 0) is 15.6 Å². The van der Waals surface area contributed by atoms with Crippen LogP contribution in [0, 0.1) is 6.92 Å². The van der Waals surface area contributed by atoms with Gasteiger partial charge >= 0.3 is 0 Å². The summed E-state index contributed by atoms with van der Waals surface area (Å²) in [6.07, 6.45) is 3.12. The van der Waals surface area contributed by atoms with E-state index in [1.807, 2.05) is 11.8 Å². The Morgan fingerprint density at radius 1 is 1.00 bits per heavy atom. The van der Waals surface area contributed by atoms with Crippen molar-refractivity contribution in [3.63, 3.8) is 0 Å². The molecule has 1 amide bonds. The molecule has 0 aromatic heterocycles. The molecule has 2 saturated heterocycles. The van der Waals surface area contributed by atoms with Crippen molar-refractivity contribution >= 4 is 28.2 Å². The van der Waals surface area contributed by atoms with E-state index >= 15 is 0 Å². The lowest BCUT2D eigenvalue weighted by Gasteiger charge is -2.28. The zero-order valence-electron chi connectivity index (χ0n) is 16.5. The van der Waals surface area contributed by atoms with Gasteiger partial charge in [-0.2, -0.15) is 0 Å².